The molecule has 4 aromatic rings. The lowest BCUT2D eigenvalue weighted by atomic mass is 9.93. The Labute approximate surface area is 221 Å². The maximum absolute atomic E-state index is 13.3. The lowest BCUT2D eigenvalue weighted by Crippen LogP contribution is -2.29. The molecule has 1 amide bonds. The minimum atomic E-state index is -0.255. The van der Waals surface area contributed by atoms with Crippen LogP contribution in [0.5, 0.6) is 5.75 Å². The third kappa shape index (κ3) is 4.76. The van der Waals surface area contributed by atoms with Crippen LogP contribution in [0.4, 0.5) is 0 Å². The molecule has 0 fully saturated rings. The number of carbonyl (C=O) groups is 1. The first-order valence-electron chi connectivity index (χ1n) is 12.8. The van der Waals surface area contributed by atoms with Gasteiger partial charge in [-0.1, -0.05) is 74.5 Å². The Kier molecular flexibility index (Phi) is 7.63. The van der Waals surface area contributed by atoms with Crippen molar-refractivity contribution in [3.05, 3.63) is 77.4 Å². The number of ether oxygens (including phenoxy) is 1. The molecule has 1 aromatic heterocycles. The van der Waals surface area contributed by atoms with Crippen molar-refractivity contribution in [2.75, 3.05) is 13.2 Å². The van der Waals surface area contributed by atoms with Gasteiger partial charge in [0, 0.05) is 11.8 Å². The Balaban J connectivity index is 1.53. The first-order valence-corrected chi connectivity index (χ1v) is 14.5. The van der Waals surface area contributed by atoms with Gasteiger partial charge in [0.1, 0.15) is 5.75 Å². The Hall–Kier alpha value is -2.83. The van der Waals surface area contributed by atoms with Crippen molar-refractivity contribution in [1.82, 2.24) is 10.3 Å². The van der Waals surface area contributed by atoms with Gasteiger partial charge in [0.15, 0.2) is 4.34 Å². The molecule has 0 saturated heterocycles. The van der Waals surface area contributed by atoms with Crippen LogP contribution < -0.4 is 10.1 Å². The van der Waals surface area contributed by atoms with Gasteiger partial charge in [0.25, 0.3) is 0 Å². The van der Waals surface area contributed by atoms with Gasteiger partial charge < -0.3 is 10.1 Å². The predicted octanol–water partition coefficient (Wildman–Crippen LogP) is 7.97. The van der Waals surface area contributed by atoms with Gasteiger partial charge in [-0.25, -0.2) is 4.98 Å². The Morgan fingerprint density at radius 2 is 1.89 bits per heavy atom. The van der Waals surface area contributed by atoms with E-state index in [0.29, 0.717) is 13.2 Å². The number of thioether (sulfide) groups is 1. The molecule has 0 radical (unpaired) electrons. The van der Waals surface area contributed by atoms with Gasteiger partial charge in [-0.2, -0.15) is 0 Å². The van der Waals surface area contributed by atoms with E-state index in [9.17, 15) is 4.79 Å². The van der Waals surface area contributed by atoms with Gasteiger partial charge >= 0.3 is 0 Å². The number of rotatable bonds is 10. The minimum Gasteiger partial charge on any atom is -0.494 e. The van der Waals surface area contributed by atoms with E-state index >= 15 is 0 Å². The van der Waals surface area contributed by atoms with E-state index in [2.05, 4.69) is 61.6 Å². The number of amides is 1. The molecule has 0 spiro atoms. The highest BCUT2D eigenvalue weighted by Crippen LogP contribution is 2.52. The molecule has 1 heterocycles. The molecule has 0 saturated carbocycles. The molecule has 0 bridgehead atoms. The molecule has 5 rings (SSSR count). The lowest BCUT2D eigenvalue weighted by Gasteiger charge is -2.20. The van der Waals surface area contributed by atoms with Gasteiger partial charge in [-0.05, 0) is 65.8 Å². The molecule has 1 aliphatic rings. The van der Waals surface area contributed by atoms with Gasteiger partial charge in [-0.15, -0.1) is 11.3 Å². The normalized spacial score (nSPS) is 14.9. The van der Waals surface area contributed by atoms with E-state index in [1.807, 2.05) is 36.9 Å². The quantitative estimate of drug-likeness (QED) is 0.217. The highest BCUT2D eigenvalue weighted by atomic mass is 32.2. The maximum atomic E-state index is 13.3. The van der Waals surface area contributed by atoms with E-state index in [4.69, 9.17) is 9.72 Å². The lowest BCUT2D eigenvalue weighted by molar-refractivity contribution is -0.121. The van der Waals surface area contributed by atoms with E-state index < -0.39 is 0 Å². The Morgan fingerprint density at radius 3 is 2.69 bits per heavy atom. The molecule has 6 heteroatoms. The number of aromatic nitrogens is 1. The van der Waals surface area contributed by atoms with E-state index in [-0.39, 0.29) is 17.1 Å². The second kappa shape index (κ2) is 11.1. The monoisotopic (exact) mass is 516 g/mol. The highest BCUT2D eigenvalue weighted by molar-refractivity contribution is 8.01. The summed E-state index contributed by atoms with van der Waals surface area (Å²) in [6, 6.07) is 21.0. The van der Waals surface area contributed by atoms with E-state index in [0.717, 1.165) is 50.7 Å². The number of carbonyl (C=O) groups excluding carboxylic acids is 1. The van der Waals surface area contributed by atoms with Gasteiger partial charge in [-0.3, -0.25) is 4.79 Å². The molecule has 2 atom stereocenters. The molecule has 4 nitrogen and oxygen atoms in total. The van der Waals surface area contributed by atoms with Crippen LogP contribution >= 0.6 is 23.1 Å². The van der Waals surface area contributed by atoms with Crippen LogP contribution in [-0.4, -0.2) is 24.0 Å². The van der Waals surface area contributed by atoms with Crippen LogP contribution in [0.15, 0.2) is 65.0 Å². The fourth-order valence-corrected chi connectivity index (χ4v) is 7.64. The molecule has 3 aromatic carbocycles. The minimum absolute atomic E-state index is 0.0937. The maximum Gasteiger partial charge on any atom is 0.232 e. The number of fused-ring (bicyclic) bond motifs is 4. The van der Waals surface area contributed by atoms with Gasteiger partial charge in [0.2, 0.25) is 5.91 Å². The zero-order chi connectivity index (χ0) is 25.1. The van der Waals surface area contributed by atoms with Crippen molar-refractivity contribution in [2.24, 2.45) is 0 Å². The number of hydrogen-bond donors (Lipinski definition) is 1. The average molecular weight is 517 g/mol. The van der Waals surface area contributed by atoms with Crippen molar-refractivity contribution >= 4 is 39.2 Å². The number of thiazole rings is 1. The Bertz CT molecular complexity index is 1380. The largest absolute Gasteiger partial charge is 0.494 e. The SMILES string of the molecule is CCCNC(=O)C1c2ccccc2-c2c(C(CCC)Sc3nc4ccc(OCC)cc4s3)cccc21. The summed E-state index contributed by atoms with van der Waals surface area (Å²) in [5.74, 6) is 0.728. The summed E-state index contributed by atoms with van der Waals surface area (Å²) < 4.78 is 7.91. The van der Waals surface area contributed by atoms with Crippen LogP contribution in [0.2, 0.25) is 0 Å². The molecule has 1 aliphatic carbocycles. The first kappa shape index (κ1) is 24.8. The summed E-state index contributed by atoms with van der Waals surface area (Å²) in [4.78, 5) is 18.2. The summed E-state index contributed by atoms with van der Waals surface area (Å²) in [6.45, 7) is 7.67. The van der Waals surface area contributed by atoms with Crippen LogP contribution in [0.3, 0.4) is 0 Å². The molecule has 1 N–H and O–H groups in total. The second-order valence-electron chi connectivity index (χ2n) is 9.06. The molecular weight excluding hydrogens is 484 g/mol. The molecule has 186 valence electrons. The van der Waals surface area contributed by atoms with Crippen LogP contribution in [0.1, 0.15) is 67.9 Å². The average Bonchev–Trinajstić information content (AvgIpc) is 3.45. The fraction of sp³-hybridized carbons (Fsp3) is 0.333. The highest BCUT2D eigenvalue weighted by Gasteiger charge is 2.36. The van der Waals surface area contributed by atoms with E-state index in [1.165, 1.54) is 16.7 Å². The van der Waals surface area contributed by atoms with Crippen molar-refractivity contribution < 1.29 is 9.53 Å². The number of nitrogens with zero attached hydrogens (tertiary/aromatic N) is 1. The smallest absolute Gasteiger partial charge is 0.232 e. The second-order valence-corrected chi connectivity index (χ2v) is 11.5. The van der Waals surface area contributed by atoms with Crippen molar-refractivity contribution in [3.8, 4) is 16.9 Å². The third-order valence-corrected chi connectivity index (χ3v) is 9.00. The molecule has 2 unspecified atom stereocenters. The third-order valence-electron chi connectivity index (χ3n) is 6.58. The summed E-state index contributed by atoms with van der Waals surface area (Å²) in [5, 5.41) is 3.39. The summed E-state index contributed by atoms with van der Waals surface area (Å²) in [5.41, 5.74) is 6.96. The summed E-state index contributed by atoms with van der Waals surface area (Å²) in [7, 11) is 0. The fourth-order valence-electron chi connectivity index (χ4n) is 5.04. The zero-order valence-corrected chi connectivity index (χ0v) is 22.7. The van der Waals surface area contributed by atoms with Crippen LogP contribution in [0.25, 0.3) is 21.3 Å². The Morgan fingerprint density at radius 1 is 1.06 bits per heavy atom. The molecule has 0 aliphatic heterocycles. The number of hydrogen-bond acceptors (Lipinski definition) is 5. The van der Waals surface area contributed by atoms with Crippen molar-refractivity contribution in [3.63, 3.8) is 0 Å². The molecule has 36 heavy (non-hydrogen) atoms. The first-order chi connectivity index (χ1) is 17.6. The predicted molar refractivity (Wildman–Crippen MR) is 151 cm³/mol. The number of benzene rings is 3. The van der Waals surface area contributed by atoms with Gasteiger partial charge in [0.05, 0.1) is 22.7 Å². The molecular formula is C30H32N2O2S2. The standard InChI is InChI=1S/C30H32N2O2S2/c1-4-10-25(35-30-32-24-16-15-19(34-6-3)18-26(24)36-30)22-13-9-14-23-27(22)20-11-7-8-12-21(20)28(23)29(33)31-17-5-2/h7-9,11-16,18,25,28H,4-6,10,17H2,1-3H3,(H,31,33). The van der Waals surface area contributed by atoms with Crippen LogP contribution in [0, 0.1) is 0 Å². The van der Waals surface area contributed by atoms with Crippen molar-refractivity contribution in [1.29, 1.82) is 0 Å². The summed E-state index contributed by atoms with van der Waals surface area (Å²) in [6.07, 6.45) is 3.04. The zero-order valence-electron chi connectivity index (χ0n) is 21.0. The van der Waals surface area contributed by atoms with Crippen LogP contribution in [-0.2, 0) is 4.79 Å². The van der Waals surface area contributed by atoms with E-state index in [1.54, 1.807) is 11.3 Å². The van der Waals surface area contributed by atoms with Crippen molar-refractivity contribution in [2.45, 2.75) is 55.5 Å². The number of nitrogens with one attached hydrogen (secondary N) is 1. The summed E-state index contributed by atoms with van der Waals surface area (Å²) >= 11 is 3.57. The topological polar surface area (TPSA) is 51.2 Å².